The lowest BCUT2D eigenvalue weighted by Gasteiger charge is -2.15. The van der Waals surface area contributed by atoms with E-state index in [4.69, 9.17) is 5.73 Å². The van der Waals surface area contributed by atoms with Crippen molar-refractivity contribution in [3.63, 3.8) is 0 Å². The van der Waals surface area contributed by atoms with Crippen LogP contribution >= 0.6 is 0 Å². The molecule has 2 aromatic carbocycles. The second-order valence-electron chi connectivity index (χ2n) is 6.07. The van der Waals surface area contributed by atoms with Gasteiger partial charge in [0.15, 0.2) is 0 Å². The second-order valence-corrected chi connectivity index (χ2v) is 6.07. The number of hydrogen-bond donors (Lipinski definition) is 2. The van der Waals surface area contributed by atoms with Crippen molar-refractivity contribution in [2.45, 2.75) is 26.2 Å². The maximum atomic E-state index is 13.5. The molecule has 0 radical (unpaired) electrons. The highest BCUT2D eigenvalue weighted by Gasteiger charge is 2.16. The summed E-state index contributed by atoms with van der Waals surface area (Å²) in [5, 5.41) is 0.930. The van der Waals surface area contributed by atoms with Crippen molar-refractivity contribution in [1.82, 2.24) is 4.98 Å². The molecule has 1 aromatic heterocycles. The first-order valence-electron chi connectivity index (χ1n) is 7.60. The van der Waals surface area contributed by atoms with Gasteiger partial charge in [-0.1, -0.05) is 29.3 Å². The first-order chi connectivity index (χ1) is 10.6. The zero-order valence-corrected chi connectivity index (χ0v) is 13.0. The lowest BCUT2D eigenvalue weighted by molar-refractivity contribution is 0.629. The van der Waals surface area contributed by atoms with E-state index in [9.17, 15) is 4.39 Å². The fourth-order valence-corrected chi connectivity index (χ4v) is 3.24. The lowest BCUT2D eigenvalue weighted by atomic mass is 9.90. The Balaban J connectivity index is 1.97. The summed E-state index contributed by atoms with van der Waals surface area (Å²) in [5.74, 6) is -0.0349. The summed E-state index contributed by atoms with van der Waals surface area (Å²) in [7, 11) is 0. The van der Waals surface area contributed by atoms with Gasteiger partial charge in [0.05, 0.1) is 0 Å². The number of hydrogen-bond acceptors (Lipinski definition) is 1. The summed E-state index contributed by atoms with van der Waals surface area (Å²) < 4.78 is 13.5. The van der Waals surface area contributed by atoms with Crippen LogP contribution < -0.4 is 5.73 Å². The van der Waals surface area contributed by atoms with Crippen LogP contribution in [0, 0.1) is 19.7 Å². The third-order valence-electron chi connectivity index (χ3n) is 4.16. The lowest BCUT2D eigenvalue weighted by Crippen LogP contribution is -2.15. The van der Waals surface area contributed by atoms with Gasteiger partial charge in [0.1, 0.15) is 5.82 Å². The van der Waals surface area contributed by atoms with Crippen LogP contribution in [-0.2, 0) is 6.42 Å². The van der Waals surface area contributed by atoms with Gasteiger partial charge in [-0.05, 0) is 56.1 Å². The van der Waals surface area contributed by atoms with E-state index in [0.29, 0.717) is 6.54 Å². The Morgan fingerprint density at radius 2 is 1.82 bits per heavy atom. The number of aryl methyl sites for hydroxylation is 2. The van der Waals surface area contributed by atoms with Crippen LogP contribution in [0.1, 0.15) is 28.2 Å². The molecule has 114 valence electrons. The highest BCUT2D eigenvalue weighted by atomic mass is 19.1. The Morgan fingerprint density at radius 3 is 2.50 bits per heavy atom. The van der Waals surface area contributed by atoms with Gasteiger partial charge >= 0.3 is 0 Å². The first kappa shape index (κ1) is 14.8. The molecule has 0 aliphatic carbocycles. The minimum absolute atomic E-state index is 0.178. The first-order valence-corrected chi connectivity index (χ1v) is 7.60. The van der Waals surface area contributed by atoms with Crippen molar-refractivity contribution < 1.29 is 4.39 Å². The number of aromatic nitrogens is 1. The SMILES string of the molecule is Cc1cc(C)cc(CC(CN)c2c[nH]c3ccc(F)cc23)c1. The van der Waals surface area contributed by atoms with E-state index in [-0.39, 0.29) is 11.7 Å². The molecule has 3 N–H and O–H groups in total. The topological polar surface area (TPSA) is 41.8 Å². The predicted octanol–water partition coefficient (Wildman–Crippen LogP) is 4.21. The van der Waals surface area contributed by atoms with Gasteiger partial charge in [-0.15, -0.1) is 0 Å². The summed E-state index contributed by atoms with van der Waals surface area (Å²) in [6.45, 7) is 4.75. The summed E-state index contributed by atoms with van der Waals surface area (Å²) in [4.78, 5) is 3.22. The van der Waals surface area contributed by atoms with Crippen LogP contribution in [0.2, 0.25) is 0 Å². The van der Waals surface area contributed by atoms with Gasteiger partial charge < -0.3 is 10.7 Å². The Bertz CT molecular complexity index is 784. The number of aromatic amines is 1. The van der Waals surface area contributed by atoms with E-state index in [1.54, 1.807) is 12.1 Å². The molecule has 22 heavy (non-hydrogen) atoms. The minimum Gasteiger partial charge on any atom is -0.361 e. The summed E-state index contributed by atoms with van der Waals surface area (Å²) in [5.41, 5.74) is 11.9. The Labute approximate surface area is 130 Å². The molecule has 1 unspecified atom stereocenters. The molecular weight excluding hydrogens is 275 g/mol. The number of H-pyrrole nitrogens is 1. The average molecular weight is 296 g/mol. The highest BCUT2D eigenvalue weighted by molar-refractivity contribution is 5.83. The fourth-order valence-electron chi connectivity index (χ4n) is 3.24. The van der Waals surface area contributed by atoms with E-state index in [1.807, 2.05) is 6.20 Å². The molecule has 1 heterocycles. The predicted molar refractivity (Wildman–Crippen MR) is 89.7 cm³/mol. The molecule has 3 rings (SSSR count). The van der Waals surface area contributed by atoms with Gasteiger partial charge in [-0.3, -0.25) is 0 Å². The monoisotopic (exact) mass is 296 g/mol. The molecule has 0 spiro atoms. The van der Waals surface area contributed by atoms with E-state index >= 15 is 0 Å². The van der Waals surface area contributed by atoms with Crippen LogP contribution in [0.3, 0.4) is 0 Å². The van der Waals surface area contributed by atoms with Gasteiger partial charge in [-0.25, -0.2) is 4.39 Å². The average Bonchev–Trinajstić information content (AvgIpc) is 2.86. The number of nitrogens with two attached hydrogens (primary N) is 1. The third kappa shape index (κ3) is 2.90. The van der Waals surface area contributed by atoms with Crippen LogP contribution in [0.5, 0.6) is 0 Å². The van der Waals surface area contributed by atoms with Crippen LogP contribution in [-0.4, -0.2) is 11.5 Å². The second kappa shape index (κ2) is 5.93. The maximum Gasteiger partial charge on any atom is 0.123 e. The summed E-state index contributed by atoms with van der Waals surface area (Å²) in [6.07, 6.45) is 2.83. The molecule has 0 saturated carbocycles. The highest BCUT2D eigenvalue weighted by Crippen LogP contribution is 2.28. The summed E-state index contributed by atoms with van der Waals surface area (Å²) in [6, 6.07) is 11.4. The molecule has 2 nitrogen and oxygen atoms in total. The van der Waals surface area contributed by atoms with Gasteiger partial charge in [0, 0.05) is 23.0 Å². The Hall–Kier alpha value is -2.13. The number of benzene rings is 2. The van der Waals surface area contributed by atoms with Crippen LogP contribution in [0.4, 0.5) is 4.39 Å². The Kier molecular flexibility index (Phi) is 3.99. The largest absolute Gasteiger partial charge is 0.361 e. The molecule has 3 aromatic rings. The zero-order valence-electron chi connectivity index (χ0n) is 13.0. The van der Waals surface area contributed by atoms with Crippen LogP contribution in [0.15, 0.2) is 42.6 Å². The zero-order chi connectivity index (χ0) is 15.7. The molecule has 3 heteroatoms. The van der Waals surface area contributed by atoms with Crippen LogP contribution in [0.25, 0.3) is 10.9 Å². The molecule has 0 fully saturated rings. The fraction of sp³-hybridized carbons (Fsp3) is 0.263. The van der Waals surface area contributed by atoms with Crippen molar-refractivity contribution in [2.24, 2.45) is 5.73 Å². The quantitative estimate of drug-likeness (QED) is 0.744. The number of nitrogens with one attached hydrogen (secondary N) is 1. The summed E-state index contributed by atoms with van der Waals surface area (Å²) >= 11 is 0. The van der Waals surface area contributed by atoms with Crippen molar-refractivity contribution >= 4 is 10.9 Å². The van der Waals surface area contributed by atoms with E-state index in [0.717, 1.165) is 22.9 Å². The maximum absolute atomic E-state index is 13.5. The molecule has 0 saturated heterocycles. The van der Waals surface area contributed by atoms with E-state index in [1.165, 1.54) is 22.8 Å². The third-order valence-corrected chi connectivity index (χ3v) is 4.16. The van der Waals surface area contributed by atoms with Crippen molar-refractivity contribution in [3.05, 3.63) is 70.7 Å². The number of halogens is 1. The standard InChI is InChI=1S/C19H21FN2/c1-12-5-13(2)7-14(6-12)8-15(10-21)18-11-22-19-4-3-16(20)9-17(18)19/h3-7,9,11,15,22H,8,10,21H2,1-2H3. The van der Waals surface area contributed by atoms with Crippen molar-refractivity contribution in [2.75, 3.05) is 6.54 Å². The van der Waals surface area contributed by atoms with Gasteiger partial charge in [-0.2, -0.15) is 0 Å². The van der Waals surface area contributed by atoms with Crippen molar-refractivity contribution in [1.29, 1.82) is 0 Å². The molecular formula is C19H21FN2. The number of rotatable bonds is 4. The minimum atomic E-state index is -0.212. The molecule has 1 atom stereocenters. The molecule has 0 bridgehead atoms. The number of fused-ring (bicyclic) bond motifs is 1. The molecule has 0 aliphatic heterocycles. The Morgan fingerprint density at radius 1 is 1.09 bits per heavy atom. The van der Waals surface area contributed by atoms with Gasteiger partial charge in [0.25, 0.3) is 0 Å². The van der Waals surface area contributed by atoms with Crippen molar-refractivity contribution in [3.8, 4) is 0 Å². The smallest absolute Gasteiger partial charge is 0.123 e. The molecule has 0 aliphatic rings. The van der Waals surface area contributed by atoms with E-state index < -0.39 is 0 Å². The van der Waals surface area contributed by atoms with E-state index in [2.05, 4.69) is 37.0 Å². The normalized spacial score (nSPS) is 12.7. The molecule has 0 amide bonds. The van der Waals surface area contributed by atoms with Gasteiger partial charge in [0.2, 0.25) is 0 Å².